The number of carboxylic acid groups (broad SMARTS) is 1. The van der Waals surface area contributed by atoms with Crippen molar-refractivity contribution in [3.63, 3.8) is 0 Å². The predicted octanol–water partition coefficient (Wildman–Crippen LogP) is 2.64. The fraction of sp³-hybridized carbons (Fsp3) is 0.462. The van der Waals surface area contributed by atoms with Gasteiger partial charge in [-0.3, -0.25) is 0 Å². The summed E-state index contributed by atoms with van der Waals surface area (Å²) in [5.41, 5.74) is 2.27. The minimum absolute atomic E-state index is 0.0108. The zero-order valence-corrected chi connectivity index (χ0v) is 12.3. The van der Waals surface area contributed by atoms with Gasteiger partial charge in [-0.1, -0.05) is 6.07 Å². The third-order valence-corrected chi connectivity index (χ3v) is 3.77. The van der Waals surface area contributed by atoms with Crippen LogP contribution in [0, 0.1) is 10.5 Å². The van der Waals surface area contributed by atoms with Crippen molar-refractivity contribution >= 4 is 34.2 Å². The van der Waals surface area contributed by atoms with Crippen LogP contribution in [-0.4, -0.2) is 29.8 Å². The van der Waals surface area contributed by atoms with Crippen LogP contribution in [0.1, 0.15) is 18.4 Å². The van der Waals surface area contributed by atoms with E-state index in [1.54, 1.807) is 0 Å². The van der Waals surface area contributed by atoms with Crippen molar-refractivity contribution in [2.75, 3.05) is 11.9 Å². The molecule has 1 aromatic rings. The second kappa shape index (κ2) is 5.88. The monoisotopic (exact) mass is 361 g/mol. The molecule has 1 aliphatic heterocycles. The molecule has 0 aromatic heterocycles. The van der Waals surface area contributed by atoms with Gasteiger partial charge < -0.3 is 15.2 Å². The molecular formula is C13H16INO3. The number of carbonyl (C=O) groups is 1. The van der Waals surface area contributed by atoms with Gasteiger partial charge in [-0.15, -0.1) is 0 Å². The lowest BCUT2D eigenvalue weighted by molar-refractivity contribution is -0.149. The molecular weight excluding hydrogens is 345 g/mol. The number of benzene rings is 1. The van der Waals surface area contributed by atoms with Crippen LogP contribution in [0.5, 0.6) is 0 Å². The zero-order chi connectivity index (χ0) is 13.1. The number of hydrogen-bond donors (Lipinski definition) is 2. The number of anilines is 1. The second-order valence-corrected chi connectivity index (χ2v) is 5.75. The summed E-state index contributed by atoms with van der Waals surface area (Å²) in [6.45, 7) is 2.71. The molecule has 1 heterocycles. The van der Waals surface area contributed by atoms with Gasteiger partial charge in [0.25, 0.3) is 0 Å². The average Bonchev–Trinajstić information content (AvgIpc) is 2.79. The fourth-order valence-electron chi connectivity index (χ4n) is 2.05. The van der Waals surface area contributed by atoms with Gasteiger partial charge >= 0.3 is 5.97 Å². The molecule has 1 aromatic carbocycles. The van der Waals surface area contributed by atoms with Crippen LogP contribution in [0.4, 0.5) is 5.69 Å². The highest BCUT2D eigenvalue weighted by Gasteiger charge is 2.30. The van der Waals surface area contributed by atoms with Gasteiger partial charge in [0.15, 0.2) is 6.10 Å². The fourth-order valence-corrected chi connectivity index (χ4v) is 2.54. The second-order valence-electron chi connectivity index (χ2n) is 4.50. The summed E-state index contributed by atoms with van der Waals surface area (Å²) in [7, 11) is 0. The van der Waals surface area contributed by atoms with E-state index in [-0.39, 0.29) is 6.10 Å². The largest absolute Gasteiger partial charge is 0.479 e. The first-order valence-electron chi connectivity index (χ1n) is 5.94. The van der Waals surface area contributed by atoms with E-state index in [4.69, 9.17) is 9.84 Å². The highest BCUT2D eigenvalue weighted by Crippen LogP contribution is 2.22. The molecule has 0 saturated carbocycles. The van der Waals surface area contributed by atoms with Gasteiger partial charge in [-0.05, 0) is 60.1 Å². The number of halogens is 1. The van der Waals surface area contributed by atoms with Gasteiger partial charge in [0.2, 0.25) is 0 Å². The van der Waals surface area contributed by atoms with Crippen molar-refractivity contribution in [2.24, 2.45) is 0 Å². The standard InChI is InChI=1S/C13H16INO3/c1-8-2-3-9(14)6-11(8)15-7-10-4-5-12(18-10)13(16)17/h2-3,6,10,12,15H,4-5,7H2,1H3,(H,16,17). The zero-order valence-electron chi connectivity index (χ0n) is 10.1. The summed E-state index contributed by atoms with van der Waals surface area (Å²) in [5, 5.41) is 12.2. The molecule has 1 aliphatic rings. The molecule has 2 rings (SSSR count). The van der Waals surface area contributed by atoms with Crippen molar-refractivity contribution in [3.8, 4) is 0 Å². The third-order valence-electron chi connectivity index (χ3n) is 3.10. The molecule has 5 heteroatoms. The molecule has 0 amide bonds. The van der Waals surface area contributed by atoms with Crippen LogP contribution in [0.2, 0.25) is 0 Å². The minimum atomic E-state index is -0.858. The molecule has 1 fully saturated rings. The summed E-state index contributed by atoms with van der Waals surface area (Å²) >= 11 is 2.27. The Balaban J connectivity index is 1.89. The SMILES string of the molecule is Cc1ccc(I)cc1NCC1CCC(C(=O)O)O1. The Morgan fingerprint density at radius 3 is 3.00 bits per heavy atom. The van der Waals surface area contributed by atoms with E-state index < -0.39 is 12.1 Å². The Morgan fingerprint density at radius 1 is 1.56 bits per heavy atom. The summed E-state index contributed by atoms with van der Waals surface area (Å²) in [6.07, 6.45) is 0.761. The van der Waals surface area contributed by atoms with E-state index in [0.29, 0.717) is 13.0 Å². The Bertz CT molecular complexity index is 450. The number of carboxylic acids is 1. The van der Waals surface area contributed by atoms with Crippen LogP contribution < -0.4 is 5.32 Å². The lowest BCUT2D eigenvalue weighted by Gasteiger charge is -2.15. The molecule has 98 valence electrons. The first-order valence-corrected chi connectivity index (χ1v) is 7.02. The smallest absolute Gasteiger partial charge is 0.332 e. The summed E-state index contributed by atoms with van der Waals surface area (Å²) in [6, 6.07) is 6.22. The van der Waals surface area contributed by atoms with Gasteiger partial charge in [-0.25, -0.2) is 4.79 Å². The molecule has 2 unspecified atom stereocenters. The van der Waals surface area contributed by atoms with E-state index in [2.05, 4.69) is 46.1 Å². The van der Waals surface area contributed by atoms with E-state index in [0.717, 1.165) is 12.1 Å². The van der Waals surface area contributed by atoms with Crippen LogP contribution in [-0.2, 0) is 9.53 Å². The Kier molecular flexibility index (Phi) is 4.45. The number of rotatable bonds is 4. The molecule has 4 nitrogen and oxygen atoms in total. The average molecular weight is 361 g/mol. The predicted molar refractivity (Wildman–Crippen MR) is 77.9 cm³/mol. The molecule has 0 radical (unpaired) electrons. The molecule has 0 bridgehead atoms. The first-order chi connectivity index (χ1) is 8.56. The van der Waals surface area contributed by atoms with Gasteiger partial charge in [-0.2, -0.15) is 0 Å². The molecule has 18 heavy (non-hydrogen) atoms. The van der Waals surface area contributed by atoms with Crippen LogP contribution in [0.15, 0.2) is 18.2 Å². The third kappa shape index (κ3) is 3.35. The Labute approximate surface area is 120 Å². The van der Waals surface area contributed by atoms with E-state index in [9.17, 15) is 4.79 Å². The molecule has 2 atom stereocenters. The number of hydrogen-bond acceptors (Lipinski definition) is 3. The van der Waals surface area contributed by atoms with Crippen LogP contribution in [0.25, 0.3) is 0 Å². The quantitative estimate of drug-likeness (QED) is 0.810. The van der Waals surface area contributed by atoms with E-state index in [1.807, 2.05) is 6.92 Å². The highest BCUT2D eigenvalue weighted by atomic mass is 127. The van der Waals surface area contributed by atoms with Gasteiger partial charge in [0, 0.05) is 15.8 Å². The minimum Gasteiger partial charge on any atom is -0.479 e. The van der Waals surface area contributed by atoms with Crippen molar-refractivity contribution in [1.82, 2.24) is 0 Å². The highest BCUT2D eigenvalue weighted by molar-refractivity contribution is 14.1. The number of ether oxygens (including phenoxy) is 1. The molecule has 0 aliphatic carbocycles. The van der Waals surface area contributed by atoms with E-state index >= 15 is 0 Å². The van der Waals surface area contributed by atoms with Crippen LogP contribution >= 0.6 is 22.6 Å². The number of nitrogens with one attached hydrogen (secondary N) is 1. The molecule has 2 N–H and O–H groups in total. The number of aryl methyl sites for hydroxylation is 1. The van der Waals surface area contributed by atoms with Crippen molar-refractivity contribution < 1.29 is 14.6 Å². The maximum absolute atomic E-state index is 10.8. The lowest BCUT2D eigenvalue weighted by Crippen LogP contribution is -2.24. The van der Waals surface area contributed by atoms with Crippen LogP contribution in [0.3, 0.4) is 0 Å². The maximum Gasteiger partial charge on any atom is 0.332 e. The van der Waals surface area contributed by atoms with Gasteiger partial charge in [0.1, 0.15) is 0 Å². The molecule has 1 saturated heterocycles. The van der Waals surface area contributed by atoms with E-state index in [1.165, 1.54) is 9.13 Å². The van der Waals surface area contributed by atoms with Crippen molar-refractivity contribution in [1.29, 1.82) is 0 Å². The normalized spacial score (nSPS) is 23.0. The summed E-state index contributed by atoms with van der Waals surface area (Å²) in [5.74, 6) is -0.858. The topological polar surface area (TPSA) is 58.6 Å². The first kappa shape index (κ1) is 13.6. The van der Waals surface area contributed by atoms with Crippen molar-refractivity contribution in [2.45, 2.75) is 32.0 Å². The Morgan fingerprint density at radius 2 is 2.33 bits per heavy atom. The molecule has 0 spiro atoms. The summed E-state index contributed by atoms with van der Waals surface area (Å²) < 4.78 is 6.63. The van der Waals surface area contributed by atoms with Crippen molar-refractivity contribution in [3.05, 3.63) is 27.3 Å². The number of aliphatic carboxylic acids is 1. The summed E-state index contributed by atoms with van der Waals surface area (Å²) in [4.78, 5) is 10.8. The maximum atomic E-state index is 10.8. The lowest BCUT2D eigenvalue weighted by atomic mass is 10.1. The Hall–Kier alpha value is -0.820. The van der Waals surface area contributed by atoms with Gasteiger partial charge in [0.05, 0.1) is 6.10 Å².